The van der Waals surface area contributed by atoms with E-state index in [-0.39, 0.29) is 0 Å². The van der Waals surface area contributed by atoms with Gasteiger partial charge in [0.2, 0.25) is 3.42 Å². The Bertz CT molecular complexity index is 378. The largest absolute Gasteiger partial charge is 0.350 e. The maximum absolute atomic E-state index is 5.71. The SMILES string of the molecule is CCCOC(Br)(Br)c1ccc(Br)c(Br)c1Br. The third kappa shape index (κ3) is 3.79. The number of hydrogen-bond donors (Lipinski definition) is 0. The van der Waals surface area contributed by atoms with Crippen LogP contribution >= 0.6 is 79.6 Å². The maximum atomic E-state index is 5.71. The van der Waals surface area contributed by atoms with Crippen LogP contribution in [-0.4, -0.2) is 6.61 Å². The lowest BCUT2D eigenvalue weighted by atomic mass is 10.2. The zero-order valence-electron chi connectivity index (χ0n) is 8.37. The van der Waals surface area contributed by atoms with Gasteiger partial charge in [-0.25, -0.2) is 0 Å². The van der Waals surface area contributed by atoms with Crippen LogP contribution in [0.3, 0.4) is 0 Å². The van der Waals surface area contributed by atoms with Gasteiger partial charge in [0.05, 0.1) is 0 Å². The van der Waals surface area contributed by atoms with Crippen molar-refractivity contribution in [2.24, 2.45) is 0 Å². The van der Waals surface area contributed by atoms with Crippen LogP contribution in [-0.2, 0) is 8.16 Å². The molecule has 0 amide bonds. The van der Waals surface area contributed by atoms with Gasteiger partial charge in [-0.05, 0) is 92.1 Å². The first-order chi connectivity index (χ1) is 7.40. The van der Waals surface area contributed by atoms with Gasteiger partial charge >= 0.3 is 0 Å². The highest BCUT2D eigenvalue weighted by molar-refractivity contribution is 9.24. The van der Waals surface area contributed by atoms with Crippen LogP contribution in [0.25, 0.3) is 0 Å². The summed E-state index contributed by atoms with van der Waals surface area (Å²) in [5, 5.41) is 0. The van der Waals surface area contributed by atoms with Crippen LogP contribution in [0.2, 0.25) is 0 Å². The lowest BCUT2D eigenvalue weighted by molar-refractivity contribution is 0.0983. The molecule has 1 rings (SSSR count). The van der Waals surface area contributed by atoms with Gasteiger partial charge in [0, 0.05) is 25.6 Å². The molecule has 6 heteroatoms. The third-order valence-corrected chi connectivity index (χ3v) is 6.52. The Balaban J connectivity index is 3.08. The molecule has 0 fully saturated rings. The van der Waals surface area contributed by atoms with Crippen molar-refractivity contribution in [3.8, 4) is 0 Å². The molecular formula is C10H9Br5O. The highest BCUT2D eigenvalue weighted by Gasteiger charge is 2.29. The van der Waals surface area contributed by atoms with Crippen molar-refractivity contribution < 1.29 is 4.74 Å². The summed E-state index contributed by atoms with van der Waals surface area (Å²) in [7, 11) is 0. The Labute approximate surface area is 137 Å². The fraction of sp³-hybridized carbons (Fsp3) is 0.400. The topological polar surface area (TPSA) is 9.23 Å². The fourth-order valence-corrected chi connectivity index (χ4v) is 4.14. The molecular weight excluding hydrogens is 536 g/mol. The summed E-state index contributed by atoms with van der Waals surface area (Å²) in [5.41, 5.74) is 0.982. The predicted molar refractivity (Wildman–Crippen MR) is 85.3 cm³/mol. The molecule has 0 unspecified atom stereocenters. The van der Waals surface area contributed by atoms with Crippen molar-refractivity contribution in [2.75, 3.05) is 6.61 Å². The molecule has 16 heavy (non-hydrogen) atoms. The minimum atomic E-state index is -0.655. The summed E-state index contributed by atoms with van der Waals surface area (Å²) in [6, 6.07) is 3.95. The van der Waals surface area contributed by atoms with Gasteiger partial charge < -0.3 is 4.74 Å². The third-order valence-electron chi connectivity index (χ3n) is 1.84. The van der Waals surface area contributed by atoms with E-state index in [1.165, 1.54) is 0 Å². The summed E-state index contributed by atoms with van der Waals surface area (Å²) in [4.78, 5) is 0. The van der Waals surface area contributed by atoms with E-state index >= 15 is 0 Å². The Morgan fingerprint density at radius 3 is 2.31 bits per heavy atom. The van der Waals surface area contributed by atoms with Gasteiger partial charge in [0.1, 0.15) is 0 Å². The maximum Gasteiger partial charge on any atom is 0.204 e. The lowest BCUT2D eigenvalue weighted by Crippen LogP contribution is -2.15. The van der Waals surface area contributed by atoms with Crippen LogP contribution in [0.1, 0.15) is 18.9 Å². The quantitative estimate of drug-likeness (QED) is 0.319. The second kappa shape index (κ2) is 6.66. The van der Waals surface area contributed by atoms with Crippen molar-refractivity contribution in [1.82, 2.24) is 0 Å². The van der Waals surface area contributed by atoms with E-state index in [0.29, 0.717) is 6.61 Å². The van der Waals surface area contributed by atoms with Gasteiger partial charge in [0.25, 0.3) is 0 Å². The monoisotopic (exact) mass is 540 g/mol. The molecule has 0 radical (unpaired) electrons. The van der Waals surface area contributed by atoms with E-state index in [4.69, 9.17) is 4.74 Å². The van der Waals surface area contributed by atoms with Crippen LogP contribution in [0.4, 0.5) is 0 Å². The Morgan fingerprint density at radius 2 is 1.75 bits per heavy atom. The lowest BCUT2D eigenvalue weighted by Gasteiger charge is -2.23. The molecule has 0 aliphatic rings. The predicted octanol–water partition coefficient (Wildman–Crippen LogP) is 6.30. The second-order valence-electron chi connectivity index (χ2n) is 3.09. The van der Waals surface area contributed by atoms with Crippen LogP contribution in [0.15, 0.2) is 25.6 Å². The van der Waals surface area contributed by atoms with Crippen molar-refractivity contribution in [3.05, 3.63) is 31.1 Å². The molecule has 1 nitrogen and oxygen atoms in total. The van der Waals surface area contributed by atoms with Crippen LogP contribution in [0.5, 0.6) is 0 Å². The summed E-state index contributed by atoms with van der Waals surface area (Å²) in [5.74, 6) is 0. The molecule has 0 saturated carbocycles. The van der Waals surface area contributed by atoms with Crippen LogP contribution in [0, 0.1) is 0 Å². The molecule has 0 aliphatic heterocycles. The number of benzene rings is 1. The molecule has 0 atom stereocenters. The zero-order chi connectivity index (χ0) is 12.3. The standard InChI is InChI=1S/C10H9Br5O/c1-2-5-16-10(14,15)6-3-4-7(11)9(13)8(6)12/h3-4H,2,5H2,1H3. The van der Waals surface area contributed by atoms with Gasteiger partial charge in [-0.2, -0.15) is 0 Å². The number of hydrogen-bond acceptors (Lipinski definition) is 1. The molecule has 1 aromatic carbocycles. The van der Waals surface area contributed by atoms with Gasteiger partial charge in [0.15, 0.2) is 0 Å². The van der Waals surface area contributed by atoms with E-state index in [2.05, 4.69) is 86.6 Å². The van der Waals surface area contributed by atoms with Gasteiger partial charge in [-0.1, -0.05) is 13.0 Å². The molecule has 0 aromatic heterocycles. The van der Waals surface area contributed by atoms with Crippen molar-refractivity contribution >= 4 is 79.6 Å². The molecule has 1 aromatic rings. The summed E-state index contributed by atoms with van der Waals surface area (Å²) in [6.45, 7) is 2.75. The summed E-state index contributed by atoms with van der Waals surface area (Å²) in [6.07, 6.45) is 0.967. The van der Waals surface area contributed by atoms with Crippen molar-refractivity contribution in [2.45, 2.75) is 16.8 Å². The number of rotatable bonds is 4. The van der Waals surface area contributed by atoms with E-state index in [0.717, 1.165) is 25.4 Å². The number of ether oxygens (including phenoxy) is 1. The van der Waals surface area contributed by atoms with E-state index in [9.17, 15) is 0 Å². The molecule has 0 N–H and O–H groups in total. The smallest absolute Gasteiger partial charge is 0.204 e. The van der Waals surface area contributed by atoms with Crippen molar-refractivity contribution in [3.63, 3.8) is 0 Å². The number of halogens is 5. The van der Waals surface area contributed by atoms with E-state index in [1.807, 2.05) is 12.1 Å². The van der Waals surface area contributed by atoms with Gasteiger partial charge in [-0.15, -0.1) is 0 Å². The number of alkyl halides is 2. The minimum Gasteiger partial charge on any atom is -0.350 e. The highest BCUT2D eigenvalue weighted by atomic mass is 79.9. The van der Waals surface area contributed by atoms with Crippen LogP contribution < -0.4 is 0 Å². The molecule has 0 aliphatic carbocycles. The minimum absolute atomic E-state index is 0.655. The Morgan fingerprint density at radius 1 is 1.12 bits per heavy atom. The zero-order valence-corrected chi connectivity index (χ0v) is 16.3. The molecule has 0 bridgehead atoms. The average molecular weight is 545 g/mol. The van der Waals surface area contributed by atoms with Gasteiger partial charge in [-0.3, -0.25) is 0 Å². The summed E-state index contributed by atoms with van der Waals surface area (Å²) >= 11 is 17.6. The Kier molecular flexibility index (Phi) is 6.51. The molecule has 90 valence electrons. The highest BCUT2D eigenvalue weighted by Crippen LogP contribution is 2.46. The first-order valence-corrected chi connectivity index (χ1v) is 8.52. The normalized spacial score (nSPS) is 11.9. The van der Waals surface area contributed by atoms with E-state index < -0.39 is 3.42 Å². The summed E-state index contributed by atoms with van der Waals surface area (Å²) < 4.78 is 7.96. The average Bonchev–Trinajstić information content (AvgIpc) is 2.23. The fourth-order valence-electron chi connectivity index (χ4n) is 1.06. The molecule has 0 spiro atoms. The molecule has 0 saturated heterocycles. The Hall–Kier alpha value is 1.58. The second-order valence-corrected chi connectivity index (χ2v) is 8.83. The first kappa shape index (κ1) is 15.6. The van der Waals surface area contributed by atoms with E-state index in [1.54, 1.807) is 0 Å². The first-order valence-electron chi connectivity index (χ1n) is 4.56. The molecule has 0 heterocycles. The van der Waals surface area contributed by atoms with Crippen molar-refractivity contribution in [1.29, 1.82) is 0 Å².